The lowest BCUT2D eigenvalue weighted by molar-refractivity contribution is -0.955. The van der Waals surface area contributed by atoms with Gasteiger partial charge in [0.05, 0.1) is 106 Å². The number of piperidine rings is 6. The van der Waals surface area contributed by atoms with E-state index in [4.69, 9.17) is 28.4 Å². The predicted molar refractivity (Wildman–Crippen MR) is 378 cm³/mol. The van der Waals surface area contributed by atoms with Crippen LogP contribution in [0.3, 0.4) is 0 Å². The average molecular weight is 1410 g/mol. The summed E-state index contributed by atoms with van der Waals surface area (Å²) >= 11 is 0. The van der Waals surface area contributed by atoms with Crippen molar-refractivity contribution in [3.8, 4) is 11.5 Å². The van der Waals surface area contributed by atoms with Crippen LogP contribution in [0.15, 0.2) is 119 Å². The number of nitrogens with zero attached hydrogens (tertiary/aromatic N) is 5. The van der Waals surface area contributed by atoms with Crippen molar-refractivity contribution in [3.63, 3.8) is 0 Å². The first-order valence-electron chi connectivity index (χ1n) is 39.9. The van der Waals surface area contributed by atoms with Gasteiger partial charge in [-0.05, 0) is 150 Å². The van der Waals surface area contributed by atoms with Crippen LogP contribution in [-0.2, 0) is 59.7 Å². The second-order valence-corrected chi connectivity index (χ2v) is 37.7. The highest BCUT2D eigenvalue weighted by atomic mass is 16.5. The number of esters is 2. The number of phenols is 2. The van der Waals surface area contributed by atoms with E-state index in [-0.39, 0.29) is 101 Å². The number of hydrogen-bond acceptors (Lipinski definition) is 19. The summed E-state index contributed by atoms with van der Waals surface area (Å²) in [5, 5.41) is 63.5. The zero-order valence-electron chi connectivity index (χ0n) is 59.4. The highest BCUT2D eigenvalue weighted by molar-refractivity contribution is 5.95. The van der Waals surface area contributed by atoms with Crippen LogP contribution in [0.25, 0.3) is 0 Å². The molecule has 26 rings (SSSR count). The maximum Gasteiger partial charge on any atom is 0.335 e. The maximum atomic E-state index is 15.8. The topological polar surface area (TPSA) is 215 Å². The van der Waals surface area contributed by atoms with Crippen LogP contribution in [-0.4, -0.2) is 206 Å². The van der Waals surface area contributed by atoms with E-state index in [0.29, 0.717) is 102 Å². The molecule has 24 unspecified atom stereocenters. The first kappa shape index (κ1) is 60.3. The largest absolute Gasteiger partial charge is 0.506 e. The van der Waals surface area contributed by atoms with Crippen LogP contribution in [0.1, 0.15) is 119 Å². The Morgan fingerprint density at radius 3 is 1.69 bits per heavy atom. The Morgan fingerprint density at radius 1 is 0.538 bits per heavy atom. The zero-order valence-corrected chi connectivity index (χ0v) is 59.4. The molecule has 4 aliphatic carbocycles. The second-order valence-electron chi connectivity index (χ2n) is 37.7. The van der Waals surface area contributed by atoms with Gasteiger partial charge in [-0.15, -0.1) is 0 Å². The van der Waals surface area contributed by atoms with Crippen molar-refractivity contribution in [2.75, 3.05) is 113 Å². The van der Waals surface area contributed by atoms with E-state index in [2.05, 4.69) is 102 Å². The molecular weight excluding hydrogens is 1310 g/mol. The molecule has 18 heterocycles. The number of carbonyl (C=O) groups is 2. The number of hydrogen-bond donors (Lipinski definition) is 7. The summed E-state index contributed by atoms with van der Waals surface area (Å²) in [6, 6.07) is 29.4. The summed E-state index contributed by atoms with van der Waals surface area (Å²) in [6.45, 7) is 8.26. The van der Waals surface area contributed by atoms with Crippen LogP contribution < -0.4 is 25.3 Å². The molecule has 104 heavy (non-hydrogen) atoms. The molecule has 0 radical (unpaired) electrons. The second kappa shape index (κ2) is 18.5. The lowest BCUT2D eigenvalue weighted by atomic mass is 9.43. The van der Waals surface area contributed by atoms with Crippen molar-refractivity contribution in [2.45, 2.75) is 184 Å². The van der Waals surface area contributed by atoms with E-state index in [9.17, 15) is 20.4 Å². The van der Waals surface area contributed by atoms with Crippen LogP contribution in [0.4, 0.5) is 22.7 Å². The summed E-state index contributed by atoms with van der Waals surface area (Å²) in [5.41, 5.74) is 3.79. The first-order chi connectivity index (χ1) is 50.6. The van der Waals surface area contributed by atoms with Gasteiger partial charge < -0.3 is 79.1 Å². The summed E-state index contributed by atoms with van der Waals surface area (Å²) in [6.07, 6.45) is 13.4. The fourth-order valence-electron chi connectivity index (χ4n) is 33.9. The lowest BCUT2D eigenvalue weighted by Gasteiger charge is -2.70. The predicted octanol–water partition coefficient (Wildman–Crippen LogP) is 6.18. The minimum absolute atomic E-state index is 0.0496. The molecule has 7 N–H and O–H groups in total. The first-order valence-corrected chi connectivity index (χ1v) is 39.9. The van der Waals surface area contributed by atoms with E-state index >= 15 is 9.59 Å². The Labute approximate surface area is 604 Å². The Morgan fingerprint density at radius 2 is 1.06 bits per heavy atom. The van der Waals surface area contributed by atoms with Gasteiger partial charge in [-0.3, -0.25) is 9.80 Å². The summed E-state index contributed by atoms with van der Waals surface area (Å²) in [4.78, 5) is 45.7. The van der Waals surface area contributed by atoms with Crippen molar-refractivity contribution < 1.29 is 63.3 Å². The quantitative estimate of drug-likeness (QED) is 0.114. The number of rotatable bonds is 3. The molecule has 4 aromatic rings. The van der Waals surface area contributed by atoms with Crippen molar-refractivity contribution >= 4 is 34.7 Å². The van der Waals surface area contributed by atoms with Gasteiger partial charge in [-0.25, -0.2) is 9.59 Å². The Kier molecular flexibility index (Phi) is 10.7. The number of methoxy groups -OCH3 is 2. The minimum Gasteiger partial charge on any atom is -0.506 e. The number of carbonyl (C=O) groups excluding carboxylic acids is 2. The fraction of sp³-hybridized carbons (Fsp3) is 0.619. The van der Waals surface area contributed by atoms with E-state index in [1.165, 1.54) is 23.1 Å². The van der Waals surface area contributed by atoms with Crippen LogP contribution in [0, 0.1) is 44.3 Å². The molecule has 540 valence electrons. The number of anilines is 4. The molecule has 20 heteroatoms. The Balaban J connectivity index is 0.711. The van der Waals surface area contributed by atoms with Gasteiger partial charge in [0.2, 0.25) is 0 Å². The smallest absolute Gasteiger partial charge is 0.335 e. The Hall–Kier alpha value is -6.72. The third kappa shape index (κ3) is 5.86. The normalized spacial score (nSPS) is 49.5. The third-order valence-electron chi connectivity index (χ3n) is 35.4. The van der Waals surface area contributed by atoms with Crippen LogP contribution in [0.2, 0.25) is 0 Å². The van der Waals surface area contributed by atoms with Gasteiger partial charge in [0.1, 0.15) is 23.6 Å². The zero-order chi connectivity index (χ0) is 69.0. The molecule has 0 bridgehead atoms. The number of fused-ring (bicyclic) bond motifs is 8. The number of aromatic hydroxyl groups is 2. The molecule has 2 saturated carbocycles. The number of phenolic OH excluding ortho intramolecular Hbond substituents is 2. The molecule has 13 saturated heterocycles. The molecule has 10 spiro atoms. The molecule has 4 aromatic carbocycles. The van der Waals surface area contributed by atoms with Crippen molar-refractivity contribution in [3.05, 3.63) is 141 Å². The summed E-state index contributed by atoms with van der Waals surface area (Å²) in [7, 11) is 3.08. The Bertz CT molecular complexity index is 4800. The standard InChI is InChI=1S/C84H92N8O12/c1-99-65(95)47-37-77-23-31-104-72(77)74(34-46-36-76-22-30-102-60(76)18-26-88-28-20-81(69(76)88)52-12-8-16-58(94)62(52)92(44-74)84(46,81)98)42-90-56(39-79(67(77)90)49-9-3-5-13-54(49)85-63(47)79)53-40-89-41-73(71-78(24-32-103-71)38-48(66(96)100-2)64-82(53,70(78)89)50-10-4-6-14-55(50)86-64)33-45-35-75-21-29-101-59(75)17-25-87-27-19-80(68(75)87)51-11-7-15-57(93)61(51)91(43-73)83(45,80)97/h3-16,40,45-46,56,59-60,67-72,85-86,93-94,97-98H,17-39,41-44H2,1-2H3/p+1. The number of aliphatic hydroxyl groups is 2. The molecule has 0 amide bonds. The highest BCUT2D eigenvalue weighted by Gasteiger charge is 2.89. The van der Waals surface area contributed by atoms with Gasteiger partial charge >= 0.3 is 11.9 Å². The number of benzene rings is 4. The van der Waals surface area contributed by atoms with E-state index in [0.717, 1.165) is 135 Å². The van der Waals surface area contributed by atoms with Crippen molar-refractivity contribution in [1.82, 2.24) is 14.7 Å². The van der Waals surface area contributed by atoms with Gasteiger partial charge in [0, 0.05) is 146 Å². The third-order valence-corrected chi connectivity index (χ3v) is 35.4. The average Bonchev–Trinajstić information content (AvgIpc) is 1.46. The van der Waals surface area contributed by atoms with Gasteiger partial charge in [-0.1, -0.05) is 60.7 Å². The number of nitrogens with one attached hydrogen (secondary N) is 3. The van der Waals surface area contributed by atoms with Gasteiger partial charge in [0.25, 0.3) is 0 Å². The number of ether oxygens (including phenoxy) is 6. The molecule has 18 aliphatic heterocycles. The summed E-state index contributed by atoms with van der Waals surface area (Å²) < 4.78 is 41.7. The van der Waals surface area contributed by atoms with Crippen molar-refractivity contribution in [2.24, 2.45) is 44.3 Å². The van der Waals surface area contributed by atoms with E-state index in [1.54, 1.807) is 7.11 Å². The molecule has 0 aromatic heterocycles. The van der Waals surface area contributed by atoms with Gasteiger partial charge in [-0.2, -0.15) is 0 Å². The van der Waals surface area contributed by atoms with E-state index < -0.39 is 54.8 Å². The SMILES string of the molecule is COC(=O)C1=C2Nc3ccccc3C23CC(C2=CN4CC5(CC6CC78CCOC7CCN7CCC9(c%10cccc(O)c%10N(C5)C69O)C78)C5OCCC56CC(C(=O)OC)=C5Nc7ccccc7C25C46)[NH+]2CC4(CC5CC67CCOC6CCN6CCC8(c9cccc(O)c9N(C4)C58O)C67)C4OCCC4(C1)C23. The fourth-order valence-corrected chi connectivity index (χ4v) is 33.9. The molecule has 20 nitrogen and oxygen atoms in total. The minimum atomic E-state index is -1.32. The number of quaternary nitrogens is 1. The summed E-state index contributed by atoms with van der Waals surface area (Å²) in [5.74, 6) is -0.688. The molecule has 22 aliphatic rings. The van der Waals surface area contributed by atoms with Crippen LogP contribution in [0.5, 0.6) is 11.5 Å². The van der Waals surface area contributed by atoms with E-state index in [1.807, 2.05) is 24.3 Å². The monoisotopic (exact) mass is 1410 g/mol. The lowest BCUT2D eigenvalue weighted by Crippen LogP contribution is -3.23. The van der Waals surface area contributed by atoms with Crippen LogP contribution >= 0.6 is 0 Å². The van der Waals surface area contributed by atoms with Gasteiger partial charge in [0.15, 0.2) is 11.4 Å². The molecule has 24 atom stereocenters. The number of para-hydroxylation sites is 4. The highest BCUT2D eigenvalue weighted by Crippen LogP contribution is 2.81. The van der Waals surface area contributed by atoms with Crippen molar-refractivity contribution in [1.29, 1.82) is 0 Å². The maximum absolute atomic E-state index is 15.8. The molecule has 15 fully saturated rings. The molecular formula is C84H93N8O12+.